The van der Waals surface area contributed by atoms with E-state index in [4.69, 9.17) is 9.47 Å². The van der Waals surface area contributed by atoms with Crippen molar-refractivity contribution < 1.29 is 23.9 Å². The Bertz CT molecular complexity index is 458. The average molecular weight is 397 g/mol. The second-order valence-corrected chi connectivity index (χ2v) is 7.45. The lowest BCUT2D eigenvalue weighted by molar-refractivity contribution is -0.147. The van der Waals surface area contributed by atoms with Crippen molar-refractivity contribution in [2.45, 2.75) is 104 Å². The van der Waals surface area contributed by atoms with Gasteiger partial charge in [-0.1, -0.05) is 25.3 Å². The molecule has 0 saturated heterocycles. The summed E-state index contributed by atoms with van der Waals surface area (Å²) in [7, 11) is 0. The van der Waals surface area contributed by atoms with E-state index in [1.807, 2.05) is 13.0 Å². The normalized spacial score (nSPS) is 12.8. The Morgan fingerprint density at radius 3 is 2.14 bits per heavy atom. The van der Waals surface area contributed by atoms with Crippen LogP contribution in [0.3, 0.4) is 0 Å². The van der Waals surface area contributed by atoms with Gasteiger partial charge in [0, 0.05) is 19.3 Å². The second-order valence-electron chi connectivity index (χ2n) is 7.45. The fourth-order valence-electron chi connectivity index (χ4n) is 3.38. The molecule has 0 aromatic rings. The zero-order valence-corrected chi connectivity index (χ0v) is 18.2. The zero-order valence-electron chi connectivity index (χ0n) is 18.2. The van der Waals surface area contributed by atoms with Gasteiger partial charge in [-0.25, -0.2) is 0 Å². The van der Waals surface area contributed by atoms with Crippen LogP contribution >= 0.6 is 0 Å². The molecule has 5 nitrogen and oxygen atoms in total. The minimum Gasteiger partial charge on any atom is -0.466 e. The van der Waals surface area contributed by atoms with Crippen LogP contribution in [0.15, 0.2) is 12.7 Å². The van der Waals surface area contributed by atoms with Crippen LogP contribution in [0.2, 0.25) is 0 Å². The standard InChI is InChI=1S/C23H40O5/c1-5-7-10-16-22(28-20(4)25)17-13-15-21(19(3)24)14-11-8-9-12-18-23(26)27-6-2/h5,21-22H,1,6-18H2,2-4H3. The van der Waals surface area contributed by atoms with Gasteiger partial charge in [-0.05, 0) is 65.2 Å². The number of allylic oxidation sites excluding steroid dienone is 1. The molecule has 0 fully saturated rings. The molecule has 5 heteroatoms. The van der Waals surface area contributed by atoms with Gasteiger partial charge in [0.2, 0.25) is 0 Å². The van der Waals surface area contributed by atoms with Gasteiger partial charge in [0.15, 0.2) is 0 Å². The smallest absolute Gasteiger partial charge is 0.305 e. The summed E-state index contributed by atoms with van der Waals surface area (Å²) in [5.74, 6) is -0.0486. The SMILES string of the molecule is C=CCCCC(CCCC(CCCCCCC(=O)OCC)C(C)=O)OC(C)=O. The Balaban J connectivity index is 4.07. The second kappa shape index (κ2) is 17.4. The molecule has 2 unspecified atom stereocenters. The number of hydrogen-bond acceptors (Lipinski definition) is 5. The number of hydrogen-bond donors (Lipinski definition) is 0. The fraction of sp³-hybridized carbons (Fsp3) is 0.783. The van der Waals surface area contributed by atoms with Crippen LogP contribution in [0, 0.1) is 5.92 Å². The van der Waals surface area contributed by atoms with Crippen LogP contribution in [0.5, 0.6) is 0 Å². The first-order valence-electron chi connectivity index (χ1n) is 10.8. The third-order valence-electron chi connectivity index (χ3n) is 4.91. The highest BCUT2D eigenvalue weighted by Crippen LogP contribution is 2.21. The topological polar surface area (TPSA) is 69.7 Å². The molecule has 0 bridgehead atoms. The number of ether oxygens (including phenoxy) is 2. The molecule has 0 spiro atoms. The number of unbranched alkanes of at least 4 members (excludes halogenated alkanes) is 4. The van der Waals surface area contributed by atoms with Crippen molar-refractivity contribution in [3.05, 3.63) is 12.7 Å². The van der Waals surface area contributed by atoms with Crippen molar-refractivity contribution >= 4 is 17.7 Å². The minimum absolute atomic E-state index is 0.0621. The fourth-order valence-corrected chi connectivity index (χ4v) is 3.38. The third kappa shape index (κ3) is 15.4. The number of carbonyl (C=O) groups is 3. The Labute approximate surface area is 171 Å². The predicted molar refractivity (Wildman–Crippen MR) is 112 cm³/mol. The van der Waals surface area contributed by atoms with E-state index in [0.717, 1.165) is 70.6 Å². The van der Waals surface area contributed by atoms with E-state index in [2.05, 4.69) is 6.58 Å². The molecule has 0 saturated carbocycles. The molecule has 2 atom stereocenters. The van der Waals surface area contributed by atoms with Crippen molar-refractivity contribution in [1.82, 2.24) is 0 Å². The summed E-state index contributed by atoms with van der Waals surface area (Å²) in [4.78, 5) is 34.5. The Kier molecular flexibility index (Phi) is 16.4. The van der Waals surface area contributed by atoms with E-state index >= 15 is 0 Å². The molecule has 28 heavy (non-hydrogen) atoms. The van der Waals surface area contributed by atoms with E-state index in [0.29, 0.717) is 13.0 Å². The van der Waals surface area contributed by atoms with E-state index in [9.17, 15) is 14.4 Å². The summed E-state index contributed by atoms with van der Waals surface area (Å²) < 4.78 is 10.3. The zero-order chi connectivity index (χ0) is 21.2. The molecule has 0 rings (SSSR count). The van der Waals surface area contributed by atoms with Gasteiger partial charge in [0.25, 0.3) is 0 Å². The summed E-state index contributed by atoms with van der Waals surface area (Å²) in [6, 6.07) is 0. The van der Waals surface area contributed by atoms with Gasteiger partial charge in [-0.15, -0.1) is 6.58 Å². The van der Waals surface area contributed by atoms with Gasteiger partial charge >= 0.3 is 11.9 Å². The molecule has 0 aromatic carbocycles. The lowest BCUT2D eigenvalue weighted by atomic mass is 9.91. The van der Waals surface area contributed by atoms with Gasteiger partial charge in [-0.2, -0.15) is 0 Å². The lowest BCUT2D eigenvalue weighted by Gasteiger charge is -2.19. The van der Waals surface area contributed by atoms with Crippen LogP contribution in [-0.4, -0.2) is 30.4 Å². The van der Waals surface area contributed by atoms with E-state index < -0.39 is 0 Å². The average Bonchev–Trinajstić information content (AvgIpc) is 2.62. The summed E-state index contributed by atoms with van der Waals surface area (Å²) in [6.45, 7) is 9.08. The maximum absolute atomic E-state index is 11.9. The van der Waals surface area contributed by atoms with Crippen molar-refractivity contribution in [1.29, 1.82) is 0 Å². The van der Waals surface area contributed by atoms with Crippen molar-refractivity contribution in [3.8, 4) is 0 Å². The van der Waals surface area contributed by atoms with Crippen molar-refractivity contribution in [2.75, 3.05) is 6.61 Å². The Morgan fingerprint density at radius 1 is 0.893 bits per heavy atom. The van der Waals surface area contributed by atoms with Crippen molar-refractivity contribution in [3.63, 3.8) is 0 Å². The first-order chi connectivity index (χ1) is 13.4. The number of rotatable bonds is 18. The molecule has 0 aromatic heterocycles. The van der Waals surface area contributed by atoms with E-state index in [1.165, 1.54) is 6.92 Å². The number of ketones is 1. The van der Waals surface area contributed by atoms with Crippen molar-refractivity contribution in [2.24, 2.45) is 5.92 Å². The number of Topliss-reactive ketones (excluding diaryl/α,β-unsaturated/α-hetero) is 1. The highest BCUT2D eigenvalue weighted by Gasteiger charge is 2.17. The van der Waals surface area contributed by atoms with Crippen LogP contribution in [0.1, 0.15) is 97.8 Å². The van der Waals surface area contributed by atoms with E-state index in [1.54, 1.807) is 6.92 Å². The molecular formula is C23H40O5. The summed E-state index contributed by atoms with van der Waals surface area (Å²) in [6.07, 6.45) is 12.3. The first-order valence-corrected chi connectivity index (χ1v) is 10.8. The van der Waals surface area contributed by atoms with Gasteiger partial charge in [0.1, 0.15) is 11.9 Å². The number of carbonyl (C=O) groups excluding carboxylic acids is 3. The molecule has 0 aliphatic heterocycles. The first kappa shape index (κ1) is 26.4. The van der Waals surface area contributed by atoms with E-state index in [-0.39, 0.29) is 29.7 Å². The summed E-state index contributed by atoms with van der Waals surface area (Å²) in [5, 5.41) is 0. The quantitative estimate of drug-likeness (QED) is 0.172. The summed E-state index contributed by atoms with van der Waals surface area (Å²) in [5.41, 5.74) is 0. The molecule has 0 N–H and O–H groups in total. The maximum Gasteiger partial charge on any atom is 0.305 e. The van der Waals surface area contributed by atoms with Crippen LogP contribution in [0.25, 0.3) is 0 Å². The van der Waals surface area contributed by atoms with Gasteiger partial charge in [0.05, 0.1) is 6.61 Å². The largest absolute Gasteiger partial charge is 0.466 e. The molecule has 162 valence electrons. The van der Waals surface area contributed by atoms with Crippen LogP contribution < -0.4 is 0 Å². The van der Waals surface area contributed by atoms with Gasteiger partial charge < -0.3 is 9.47 Å². The third-order valence-corrected chi connectivity index (χ3v) is 4.91. The summed E-state index contributed by atoms with van der Waals surface area (Å²) >= 11 is 0. The molecular weight excluding hydrogens is 356 g/mol. The molecule has 0 aliphatic carbocycles. The van der Waals surface area contributed by atoms with Crippen LogP contribution in [-0.2, 0) is 23.9 Å². The van der Waals surface area contributed by atoms with Crippen LogP contribution in [0.4, 0.5) is 0 Å². The molecule has 0 amide bonds. The van der Waals surface area contributed by atoms with Gasteiger partial charge in [-0.3, -0.25) is 14.4 Å². The highest BCUT2D eigenvalue weighted by atomic mass is 16.5. The number of esters is 2. The minimum atomic E-state index is -0.241. The monoisotopic (exact) mass is 396 g/mol. The molecule has 0 radical (unpaired) electrons. The molecule has 0 heterocycles. The molecule has 0 aliphatic rings. The maximum atomic E-state index is 11.9. The Hall–Kier alpha value is -1.65. The highest BCUT2D eigenvalue weighted by molar-refractivity contribution is 5.78. The Morgan fingerprint density at radius 2 is 1.54 bits per heavy atom. The predicted octanol–water partition coefficient (Wildman–Crippen LogP) is 5.55. The lowest BCUT2D eigenvalue weighted by Crippen LogP contribution is -2.18.